The predicted molar refractivity (Wildman–Crippen MR) is 103 cm³/mol. The standard InChI is InChI=1S/C8H16N2O.C8H16N2S.CH4/c2*1-6(2)7-5-9(3)8(11)10(7)4;/h2*6-7H,5H2,1-4H3;1H4. The number of carbonyl (C=O) groups excluding carboxylic acids is 1. The Morgan fingerprint density at radius 3 is 1.43 bits per heavy atom. The summed E-state index contributed by atoms with van der Waals surface area (Å²) in [6.45, 7) is 10.7. The highest BCUT2D eigenvalue weighted by Gasteiger charge is 2.33. The van der Waals surface area contributed by atoms with E-state index in [9.17, 15) is 4.79 Å². The molecule has 2 heterocycles. The molecule has 2 amide bonds. The highest BCUT2D eigenvalue weighted by atomic mass is 32.1. The first-order valence-electron chi connectivity index (χ1n) is 8.03. The molecule has 2 unspecified atom stereocenters. The number of carbonyl (C=O) groups is 1. The first-order valence-corrected chi connectivity index (χ1v) is 8.44. The van der Waals surface area contributed by atoms with Gasteiger partial charge in [-0.1, -0.05) is 35.1 Å². The van der Waals surface area contributed by atoms with Gasteiger partial charge in [0.15, 0.2) is 5.11 Å². The smallest absolute Gasteiger partial charge is 0.319 e. The van der Waals surface area contributed by atoms with Crippen molar-refractivity contribution >= 4 is 23.4 Å². The Kier molecular flexibility index (Phi) is 8.32. The number of hydrogen-bond donors (Lipinski definition) is 0. The van der Waals surface area contributed by atoms with E-state index < -0.39 is 0 Å². The third kappa shape index (κ3) is 4.96. The molecule has 2 aliphatic heterocycles. The number of nitrogens with zero attached hydrogens (tertiary/aromatic N) is 4. The summed E-state index contributed by atoms with van der Waals surface area (Å²) in [5.74, 6) is 1.23. The predicted octanol–water partition coefficient (Wildman–Crippen LogP) is 2.82. The molecule has 2 atom stereocenters. The van der Waals surface area contributed by atoms with E-state index in [-0.39, 0.29) is 13.5 Å². The monoisotopic (exact) mass is 344 g/mol. The van der Waals surface area contributed by atoms with Crippen molar-refractivity contribution in [3.63, 3.8) is 0 Å². The van der Waals surface area contributed by atoms with Gasteiger partial charge in [0, 0.05) is 41.3 Å². The van der Waals surface area contributed by atoms with E-state index in [0.29, 0.717) is 23.9 Å². The molecule has 0 aromatic heterocycles. The van der Waals surface area contributed by atoms with Crippen molar-refractivity contribution < 1.29 is 4.79 Å². The van der Waals surface area contributed by atoms with Crippen LogP contribution in [0.15, 0.2) is 0 Å². The Bertz CT molecular complexity index is 375. The normalized spacial score (nSPS) is 24.4. The van der Waals surface area contributed by atoms with Crippen molar-refractivity contribution in [1.82, 2.24) is 19.6 Å². The second-order valence-electron chi connectivity index (χ2n) is 7.17. The number of urea groups is 1. The third-order valence-electron chi connectivity index (χ3n) is 4.71. The van der Waals surface area contributed by atoms with Crippen LogP contribution in [0.5, 0.6) is 0 Å². The maximum absolute atomic E-state index is 11.3. The molecule has 0 aliphatic carbocycles. The molecule has 0 spiro atoms. The summed E-state index contributed by atoms with van der Waals surface area (Å²) in [4.78, 5) is 19.2. The molecular weight excluding hydrogens is 308 g/mol. The van der Waals surface area contributed by atoms with Gasteiger partial charge in [-0.3, -0.25) is 0 Å². The van der Waals surface area contributed by atoms with Crippen LogP contribution >= 0.6 is 12.2 Å². The van der Waals surface area contributed by atoms with Gasteiger partial charge in [0.2, 0.25) is 0 Å². The molecule has 6 heteroatoms. The molecule has 0 saturated carbocycles. The molecule has 0 N–H and O–H groups in total. The van der Waals surface area contributed by atoms with Gasteiger partial charge in [0.25, 0.3) is 0 Å². The Morgan fingerprint density at radius 1 is 0.870 bits per heavy atom. The molecule has 0 bridgehead atoms. The Labute approximate surface area is 148 Å². The van der Waals surface area contributed by atoms with E-state index in [1.54, 1.807) is 4.90 Å². The molecule has 0 aromatic carbocycles. The highest BCUT2D eigenvalue weighted by Crippen LogP contribution is 2.19. The van der Waals surface area contributed by atoms with E-state index in [0.717, 1.165) is 18.2 Å². The van der Waals surface area contributed by atoms with Crippen LogP contribution in [0, 0.1) is 11.8 Å². The first-order chi connectivity index (χ1) is 10.1. The van der Waals surface area contributed by atoms with Gasteiger partial charge in [-0.2, -0.15) is 0 Å². The summed E-state index contributed by atoms with van der Waals surface area (Å²) < 4.78 is 0. The van der Waals surface area contributed by atoms with Crippen LogP contribution in [0.4, 0.5) is 4.79 Å². The van der Waals surface area contributed by atoms with E-state index >= 15 is 0 Å². The molecule has 2 rings (SSSR count). The Morgan fingerprint density at radius 2 is 1.26 bits per heavy atom. The fourth-order valence-electron chi connectivity index (χ4n) is 3.10. The zero-order valence-corrected chi connectivity index (χ0v) is 16.1. The van der Waals surface area contributed by atoms with Crippen molar-refractivity contribution in [2.75, 3.05) is 41.3 Å². The van der Waals surface area contributed by atoms with Crippen molar-refractivity contribution in [1.29, 1.82) is 0 Å². The lowest BCUT2D eigenvalue weighted by Crippen LogP contribution is -2.33. The van der Waals surface area contributed by atoms with Crippen molar-refractivity contribution in [3.8, 4) is 0 Å². The number of thiocarbonyl (C=S) groups is 1. The second kappa shape index (κ2) is 8.71. The average Bonchev–Trinajstić information content (AvgIpc) is 2.85. The Hall–Kier alpha value is -1.04. The number of rotatable bonds is 2. The lowest BCUT2D eigenvalue weighted by atomic mass is 10.1. The maximum atomic E-state index is 11.3. The largest absolute Gasteiger partial charge is 0.350 e. The van der Waals surface area contributed by atoms with Gasteiger partial charge in [-0.15, -0.1) is 0 Å². The van der Waals surface area contributed by atoms with Crippen LogP contribution in [0.2, 0.25) is 0 Å². The molecule has 0 radical (unpaired) electrons. The van der Waals surface area contributed by atoms with Crippen molar-refractivity contribution in [3.05, 3.63) is 0 Å². The summed E-state index contributed by atoms with van der Waals surface area (Å²) >= 11 is 5.21. The van der Waals surface area contributed by atoms with Gasteiger partial charge in [-0.25, -0.2) is 4.79 Å². The van der Waals surface area contributed by atoms with Crippen molar-refractivity contribution in [2.24, 2.45) is 11.8 Å². The summed E-state index contributed by atoms with van der Waals surface area (Å²) in [6, 6.07) is 1.14. The molecule has 23 heavy (non-hydrogen) atoms. The highest BCUT2D eigenvalue weighted by molar-refractivity contribution is 7.80. The number of amides is 2. The molecular formula is C17H36N4OS. The zero-order chi connectivity index (χ0) is 17.2. The van der Waals surface area contributed by atoms with Crippen LogP contribution in [-0.2, 0) is 0 Å². The summed E-state index contributed by atoms with van der Waals surface area (Å²) in [5.41, 5.74) is 0. The topological polar surface area (TPSA) is 30.0 Å². The van der Waals surface area contributed by atoms with Crippen molar-refractivity contribution in [2.45, 2.75) is 47.2 Å². The van der Waals surface area contributed by atoms with Crippen LogP contribution < -0.4 is 0 Å². The maximum Gasteiger partial charge on any atom is 0.319 e. The number of likely N-dealkylation sites (N-methyl/N-ethyl adjacent to an activating group) is 4. The zero-order valence-electron chi connectivity index (χ0n) is 15.3. The molecule has 0 aromatic rings. The Balaban J connectivity index is 0.000000403. The molecule has 5 nitrogen and oxygen atoms in total. The van der Waals surface area contributed by atoms with E-state index in [1.165, 1.54) is 0 Å². The minimum absolute atomic E-state index is 0. The van der Waals surface area contributed by atoms with E-state index in [4.69, 9.17) is 12.2 Å². The average molecular weight is 345 g/mol. The minimum Gasteiger partial charge on any atom is -0.350 e. The van der Waals surface area contributed by atoms with E-state index in [2.05, 4.69) is 51.6 Å². The van der Waals surface area contributed by atoms with Gasteiger partial charge in [0.05, 0.1) is 12.1 Å². The molecule has 2 aliphatic rings. The second-order valence-corrected chi connectivity index (χ2v) is 7.54. The van der Waals surface area contributed by atoms with Gasteiger partial charge < -0.3 is 19.6 Å². The van der Waals surface area contributed by atoms with Crippen LogP contribution in [0.25, 0.3) is 0 Å². The molecule has 2 fully saturated rings. The van der Waals surface area contributed by atoms with Crippen LogP contribution in [0.3, 0.4) is 0 Å². The summed E-state index contributed by atoms with van der Waals surface area (Å²) in [5, 5.41) is 0.976. The van der Waals surface area contributed by atoms with Crippen LogP contribution in [-0.4, -0.2) is 84.1 Å². The van der Waals surface area contributed by atoms with E-state index in [1.807, 2.05) is 19.0 Å². The van der Waals surface area contributed by atoms with Crippen LogP contribution in [0.1, 0.15) is 35.1 Å². The molecule has 136 valence electrons. The van der Waals surface area contributed by atoms with Gasteiger partial charge in [-0.05, 0) is 24.1 Å². The fraction of sp³-hybridized carbons (Fsp3) is 0.882. The fourth-order valence-corrected chi connectivity index (χ4v) is 3.31. The minimum atomic E-state index is 0. The SMILES string of the molecule is C.CC(C)C1CN(C)C(=O)N1C.CC(C)C1CN(C)C(=S)N1C. The summed E-state index contributed by atoms with van der Waals surface area (Å²) in [7, 11) is 7.86. The number of hydrogen-bond acceptors (Lipinski definition) is 2. The third-order valence-corrected chi connectivity index (χ3v) is 5.31. The molecule has 2 saturated heterocycles. The summed E-state index contributed by atoms with van der Waals surface area (Å²) in [6.07, 6.45) is 0. The van der Waals surface area contributed by atoms with Gasteiger partial charge in [0.1, 0.15) is 0 Å². The lowest BCUT2D eigenvalue weighted by molar-refractivity contribution is 0.196. The van der Waals surface area contributed by atoms with Gasteiger partial charge >= 0.3 is 6.03 Å². The first kappa shape index (κ1) is 22.0. The lowest BCUT2D eigenvalue weighted by Gasteiger charge is -2.22. The quantitative estimate of drug-likeness (QED) is 0.721.